The van der Waals surface area contributed by atoms with Crippen molar-refractivity contribution in [2.75, 3.05) is 24.4 Å². The summed E-state index contributed by atoms with van der Waals surface area (Å²) in [6.07, 6.45) is 6.22. The molecule has 118 valence electrons. The van der Waals surface area contributed by atoms with Crippen LogP contribution >= 0.6 is 0 Å². The summed E-state index contributed by atoms with van der Waals surface area (Å²) in [4.78, 5) is 8.55. The molecule has 7 nitrogen and oxygen atoms in total. The summed E-state index contributed by atoms with van der Waals surface area (Å²) < 4.78 is 5.04. The molecule has 0 unspecified atom stereocenters. The maximum Gasteiger partial charge on any atom is 0.158 e. The van der Waals surface area contributed by atoms with Gasteiger partial charge in [-0.15, -0.1) is 0 Å². The van der Waals surface area contributed by atoms with Crippen molar-refractivity contribution in [1.29, 1.82) is 0 Å². The van der Waals surface area contributed by atoms with E-state index in [2.05, 4.69) is 20.7 Å². The molecule has 0 atom stereocenters. The Balaban J connectivity index is 2.02. The molecule has 1 saturated carbocycles. The average Bonchev–Trinajstić information content (AvgIpc) is 2.71. The van der Waals surface area contributed by atoms with Gasteiger partial charge in [0.25, 0.3) is 0 Å². The lowest BCUT2D eigenvalue weighted by Crippen LogP contribution is -2.36. The van der Waals surface area contributed by atoms with Gasteiger partial charge in [-0.25, -0.2) is 15.8 Å². The van der Waals surface area contributed by atoms with Gasteiger partial charge in [-0.3, -0.25) is 0 Å². The first-order valence-corrected chi connectivity index (χ1v) is 7.45. The second-order valence-corrected chi connectivity index (χ2v) is 5.62. The second kappa shape index (κ2) is 7.53. The van der Waals surface area contributed by atoms with Crippen LogP contribution in [0.25, 0.3) is 0 Å². The molecule has 0 bridgehead atoms. The molecule has 21 heavy (non-hydrogen) atoms. The number of ether oxygens (including phenoxy) is 1. The Labute approximate surface area is 125 Å². The molecule has 1 fully saturated rings. The highest BCUT2D eigenvalue weighted by molar-refractivity contribution is 5.47. The van der Waals surface area contributed by atoms with Gasteiger partial charge >= 0.3 is 0 Å². The molecule has 0 radical (unpaired) electrons. The van der Waals surface area contributed by atoms with Crippen LogP contribution in [0.2, 0.25) is 0 Å². The van der Waals surface area contributed by atoms with Gasteiger partial charge < -0.3 is 20.6 Å². The minimum Gasteiger partial charge on any atom is -0.388 e. The number of anilines is 2. The molecule has 0 saturated heterocycles. The van der Waals surface area contributed by atoms with E-state index in [1.807, 2.05) is 0 Å². The van der Waals surface area contributed by atoms with Crippen LogP contribution in [0.3, 0.4) is 0 Å². The number of hydrogen-bond donors (Lipinski definition) is 4. The highest BCUT2D eigenvalue weighted by atomic mass is 16.5. The number of nitrogens with one attached hydrogen (secondary N) is 2. The maximum absolute atomic E-state index is 10.6. The number of nitrogens with zero attached hydrogens (tertiary/aromatic N) is 2. The topological polar surface area (TPSA) is 105 Å². The lowest BCUT2D eigenvalue weighted by Gasteiger charge is -2.27. The molecule has 1 heterocycles. The smallest absolute Gasteiger partial charge is 0.158 e. The van der Waals surface area contributed by atoms with Crippen LogP contribution in [0.1, 0.15) is 44.3 Å². The average molecular weight is 295 g/mol. The molecule has 5 N–H and O–H groups in total. The van der Waals surface area contributed by atoms with Crippen molar-refractivity contribution >= 4 is 11.6 Å². The van der Waals surface area contributed by atoms with Crippen molar-refractivity contribution in [1.82, 2.24) is 9.97 Å². The van der Waals surface area contributed by atoms with Crippen molar-refractivity contribution < 1.29 is 9.84 Å². The van der Waals surface area contributed by atoms with E-state index < -0.39 is 5.60 Å². The third-order valence-corrected chi connectivity index (χ3v) is 3.83. The van der Waals surface area contributed by atoms with E-state index >= 15 is 0 Å². The van der Waals surface area contributed by atoms with E-state index in [9.17, 15) is 5.11 Å². The van der Waals surface area contributed by atoms with Crippen molar-refractivity contribution in [3.63, 3.8) is 0 Å². The zero-order valence-electron chi connectivity index (χ0n) is 12.6. The van der Waals surface area contributed by atoms with Gasteiger partial charge in [0.05, 0.1) is 5.60 Å². The van der Waals surface area contributed by atoms with Gasteiger partial charge in [0, 0.05) is 19.7 Å². The van der Waals surface area contributed by atoms with Crippen molar-refractivity contribution in [2.24, 2.45) is 5.84 Å². The van der Waals surface area contributed by atoms with Gasteiger partial charge in [0.1, 0.15) is 18.2 Å². The first-order chi connectivity index (χ1) is 10.1. The van der Waals surface area contributed by atoms with Crippen molar-refractivity contribution in [3.05, 3.63) is 11.9 Å². The van der Waals surface area contributed by atoms with Crippen LogP contribution < -0.4 is 16.6 Å². The fourth-order valence-corrected chi connectivity index (χ4v) is 2.67. The summed E-state index contributed by atoms with van der Waals surface area (Å²) in [7, 11) is 1.59. The van der Waals surface area contributed by atoms with Gasteiger partial charge in [0.2, 0.25) is 0 Å². The van der Waals surface area contributed by atoms with Crippen molar-refractivity contribution in [3.8, 4) is 0 Å². The fraction of sp³-hybridized carbons (Fsp3) is 0.714. The number of aromatic nitrogens is 2. The minimum absolute atomic E-state index is 0.314. The zero-order valence-corrected chi connectivity index (χ0v) is 12.6. The summed E-state index contributed by atoms with van der Waals surface area (Å²) in [5.41, 5.74) is 1.86. The van der Waals surface area contributed by atoms with E-state index in [-0.39, 0.29) is 0 Å². The monoisotopic (exact) mass is 295 g/mol. The predicted octanol–water partition coefficient (Wildman–Crippen LogP) is 1.41. The molecule has 0 spiro atoms. The Morgan fingerprint density at radius 1 is 1.24 bits per heavy atom. The highest BCUT2D eigenvalue weighted by Gasteiger charge is 2.27. The van der Waals surface area contributed by atoms with Crippen LogP contribution in [-0.2, 0) is 11.3 Å². The molecule has 1 aliphatic rings. The van der Waals surface area contributed by atoms with Gasteiger partial charge in [0.15, 0.2) is 5.82 Å². The first kappa shape index (κ1) is 15.9. The Morgan fingerprint density at radius 3 is 2.52 bits per heavy atom. The van der Waals surface area contributed by atoms with E-state index in [0.717, 1.165) is 25.7 Å². The summed E-state index contributed by atoms with van der Waals surface area (Å²) in [6, 6.07) is 1.72. The number of methoxy groups -OCH3 is 1. The zero-order chi connectivity index (χ0) is 15.1. The number of nitrogen functional groups attached to an aromatic ring is 1. The predicted molar refractivity (Wildman–Crippen MR) is 81.7 cm³/mol. The number of aliphatic hydroxyl groups is 1. The number of nitrogens with two attached hydrogens (primary N) is 1. The fourth-order valence-electron chi connectivity index (χ4n) is 2.67. The first-order valence-electron chi connectivity index (χ1n) is 7.45. The second-order valence-electron chi connectivity index (χ2n) is 5.62. The third kappa shape index (κ3) is 4.80. The molecule has 0 aliphatic heterocycles. The normalized spacial score (nSPS) is 18.0. The van der Waals surface area contributed by atoms with E-state index in [4.69, 9.17) is 10.6 Å². The number of rotatable bonds is 6. The Kier molecular flexibility index (Phi) is 5.72. The highest BCUT2D eigenvalue weighted by Crippen LogP contribution is 2.27. The van der Waals surface area contributed by atoms with E-state index in [1.165, 1.54) is 12.8 Å². The SMILES string of the molecule is COCc1nc(NN)cc(NCC2(O)CCCCCC2)n1. The van der Waals surface area contributed by atoms with Crippen LogP contribution in [-0.4, -0.2) is 34.3 Å². The standard InChI is InChI=1S/C14H25N5O2/c1-21-9-13-17-11(8-12(18-13)19-15)16-10-14(20)6-4-2-3-5-7-14/h8,20H,2-7,9-10,15H2,1H3,(H2,16,17,18,19). The van der Waals surface area contributed by atoms with Crippen LogP contribution in [0, 0.1) is 0 Å². The molecule has 1 aliphatic carbocycles. The molecule has 0 amide bonds. The number of hydrazine groups is 1. The minimum atomic E-state index is -0.654. The van der Waals surface area contributed by atoms with E-state index in [0.29, 0.717) is 30.6 Å². The molecule has 1 aromatic rings. The Bertz CT molecular complexity index is 447. The molecule has 0 aromatic carbocycles. The lowest BCUT2D eigenvalue weighted by molar-refractivity contribution is 0.0380. The van der Waals surface area contributed by atoms with Crippen LogP contribution in [0.4, 0.5) is 11.6 Å². The van der Waals surface area contributed by atoms with Gasteiger partial charge in [-0.05, 0) is 12.8 Å². The van der Waals surface area contributed by atoms with Crippen LogP contribution in [0.15, 0.2) is 6.07 Å². The molecular formula is C14H25N5O2. The van der Waals surface area contributed by atoms with Crippen LogP contribution in [0.5, 0.6) is 0 Å². The Hall–Kier alpha value is -1.44. The summed E-state index contributed by atoms with van der Waals surface area (Å²) in [5.74, 6) is 7.12. The van der Waals surface area contributed by atoms with Gasteiger partial charge in [-0.1, -0.05) is 25.7 Å². The summed E-state index contributed by atoms with van der Waals surface area (Å²) in [5, 5.41) is 13.8. The maximum atomic E-state index is 10.6. The molecule has 2 rings (SSSR count). The third-order valence-electron chi connectivity index (χ3n) is 3.83. The molecular weight excluding hydrogens is 270 g/mol. The molecule has 1 aromatic heterocycles. The summed E-state index contributed by atoms with van der Waals surface area (Å²) >= 11 is 0. The lowest BCUT2D eigenvalue weighted by atomic mass is 9.94. The molecule has 7 heteroatoms. The summed E-state index contributed by atoms with van der Waals surface area (Å²) in [6.45, 7) is 0.801. The number of hydrogen-bond acceptors (Lipinski definition) is 7. The largest absolute Gasteiger partial charge is 0.388 e. The van der Waals surface area contributed by atoms with Gasteiger partial charge in [-0.2, -0.15) is 0 Å². The van der Waals surface area contributed by atoms with Crippen molar-refractivity contribution in [2.45, 2.75) is 50.7 Å². The Morgan fingerprint density at radius 2 is 1.90 bits per heavy atom. The quantitative estimate of drug-likeness (QED) is 0.357. The van der Waals surface area contributed by atoms with E-state index in [1.54, 1.807) is 13.2 Å².